The molecule has 0 radical (unpaired) electrons. The van der Waals surface area contributed by atoms with Crippen molar-refractivity contribution in [2.45, 2.75) is 42.6 Å². The molecule has 0 bridgehead atoms. The van der Waals surface area contributed by atoms with Crippen LogP contribution in [0.25, 0.3) is 0 Å². The Hall–Kier alpha value is -2.54. The molecule has 1 saturated heterocycles. The maximum atomic E-state index is 10.1. The second kappa shape index (κ2) is 11.0. The second-order valence-corrected chi connectivity index (χ2v) is 10.4. The maximum Gasteiger partial charge on any atom is 0.140 e. The molecular formula is C28H32ClNO4S. The van der Waals surface area contributed by atoms with Crippen LogP contribution in [0, 0.1) is 5.92 Å². The van der Waals surface area contributed by atoms with Gasteiger partial charge < -0.3 is 19.7 Å². The van der Waals surface area contributed by atoms with Crippen molar-refractivity contribution in [3.63, 3.8) is 0 Å². The van der Waals surface area contributed by atoms with E-state index in [2.05, 4.69) is 30.9 Å². The first-order valence-electron chi connectivity index (χ1n) is 11.9. The van der Waals surface area contributed by atoms with Gasteiger partial charge in [0.1, 0.15) is 35.7 Å². The number of hydrogen-bond donors (Lipinski definition) is 2. The maximum absolute atomic E-state index is 10.1. The Morgan fingerprint density at radius 1 is 0.971 bits per heavy atom. The Labute approximate surface area is 217 Å². The number of hydrogen-bond acceptors (Lipinski definition) is 6. The lowest BCUT2D eigenvalue weighted by Gasteiger charge is -2.34. The third-order valence-corrected chi connectivity index (χ3v) is 8.38. The van der Waals surface area contributed by atoms with Gasteiger partial charge in [-0.25, -0.2) is 0 Å². The highest BCUT2D eigenvalue weighted by Crippen LogP contribution is 2.54. The summed E-state index contributed by atoms with van der Waals surface area (Å²) in [5.74, 6) is 2.79. The average Bonchev–Trinajstić information content (AvgIpc) is 3.16. The number of ether oxygens (including phenoxy) is 2. The van der Waals surface area contributed by atoms with E-state index in [9.17, 15) is 10.2 Å². The van der Waals surface area contributed by atoms with Gasteiger partial charge in [-0.05, 0) is 79.4 Å². The van der Waals surface area contributed by atoms with Gasteiger partial charge in [0, 0.05) is 12.6 Å². The zero-order chi connectivity index (χ0) is 23.7. The van der Waals surface area contributed by atoms with Crippen molar-refractivity contribution in [2.24, 2.45) is 5.92 Å². The number of fused-ring (bicyclic) bond motifs is 1. The van der Waals surface area contributed by atoms with Crippen LogP contribution in [0.1, 0.15) is 42.7 Å². The Kier molecular flexibility index (Phi) is 8.05. The summed E-state index contributed by atoms with van der Waals surface area (Å²) in [7, 11) is 0. The van der Waals surface area contributed by atoms with Crippen LogP contribution < -0.4 is 9.47 Å². The number of thioether (sulfide) groups is 1. The van der Waals surface area contributed by atoms with Gasteiger partial charge in [0.15, 0.2) is 0 Å². The minimum atomic E-state index is -0.246. The van der Waals surface area contributed by atoms with Gasteiger partial charge in [-0.3, -0.25) is 4.90 Å². The summed E-state index contributed by atoms with van der Waals surface area (Å²) in [6.07, 6.45) is 1.02. The normalized spacial score (nSPS) is 23.7. The molecule has 3 aromatic rings. The first-order valence-corrected chi connectivity index (χ1v) is 12.8. The highest BCUT2D eigenvalue weighted by molar-refractivity contribution is 7.99. The number of benzene rings is 3. The molecule has 1 fully saturated rings. The first-order chi connectivity index (χ1) is 16.5. The number of phenols is 2. The molecule has 0 amide bonds. The topological polar surface area (TPSA) is 62.2 Å². The highest BCUT2D eigenvalue weighted by atomic mass is 35.5. The van der Waals surface area contributed by atoms with E-state index in [0.717, 1.165) is 46.5 Å². The molecule has 0 unspecified atom stereocenters. The van der Waals surface area contributed by atoms with E-state index in [4.69, 9.17) is 9.47 Å². The van der Waals surface area contributed by atoms with Gasteiger partial charge >= 0.3 is 0 Å². The molecule has 2 heterocycles. The number of likely N-dealkylation sites (tertiary alicyclic amines) is 1. The van der Waals surface area contributed by atoms with Crippen LogP contribution in [-0.4, -0.2) is 40.9 Å². The number of aromatic hydroxyl groups is 2. The largest absolute Gasteiger partial charge is 0.508 e. The molecule has 5 nitrogen and oxygen atoms in total. The number of halogens is 1. The molecule has 7 heteroatoms. The van der Waals surface area contributed by atoms with E-state index in [1.54, 1.807) is 42.1 Å². The van der Waals surface area contributed by atoms with E-state index in [1.807, 2.05) is 24.3 Å². The zero-order valence-corrected chi connectivity index (χ0v) is 21.6. The fourth-order valence-corrected chi connectivity index (χ4v) is 6.11. The molecule has 186 valence electrons. The van der Waals surface area contributed by atoms with Crippen LogP contribution in [0.2, 0.25) is 0 Å². The standard InChI is InChI=1S/C28H31NO4S.ClH/c1-18-12-13-29(19(18)2)14-15-32-24-9-6-20(7-10-24)27-28(21-4-3-5-22(30)16-21)34-26-17-23(31)8-11-25(26)33-27;/h3-11,16-19,27-28,30-31H,12-15H2,1-2H3;1H/t18-,19-,27-,28+;/m0./s1. The molecular weight excluding hydrogens is 482 g/mol. The van der Waals surface area contributed by atoms with Crippen molar-refractivity contribution >= 4 is 24.2 Å². The van der Waals surface area contributed by atoms with Crippen LogP contribution in [0.4, 0.5) is 0 Å². The van der Waals surface area contributed by atoms with Gasteiger partial charge in [-0.2, -0.15) is 0 Å². The lowest BCUT2D eigenvalue weighted by molar-refractivity contribution is 0.189. The molecule has 0 aromatic heterocycles. The van der Waals surface area contributed by atoms with Crippen molar-refractivity contribution in [1.82, 2.24) is 4.90 Å². The van der Waals surface area contributed by atoms with Crippen molar-refractivity contribution in [3.8, 4) is 23.0 Å². The minimum absolute atomic E-state index is 0. The Morgan fingerprint density at radius 2 is 1.74 bits per heavy atom. The number of rotatable bonds is 6. The molecule has 0 aliphatic carbocycles. The van der Waals surface area contributed by atoms with Crippen LogP contribution in [0.3, 0.4) is 0 Å². The molecule has 4 atom stereocenters. The lowest BCUT2D eigenvalue weighted by Crippen LogP contribution is -2.33. The SMILES string of the molecule is C[C@H]1CCN(CCOc2ccc([C@@H]3Oc4ccc(O)cc4S[C@@H]3c3cccc(O)c3)cc2)[C@H]1C.Cl. The lowest BCUT2D eigenvalue weighted by atomic mass is 10.00. The molecule has 2 N–H and O–H groups in total. The predicted molar refractivity (Wildman–Crippen MR) is 142 cm³/mol. The van der Waals surface area contributed by atoms with E-state index in [0.29, 0.717) is 12.6 Å². The van der Waals surface area contributed by atoms with Gasteiger partial charge in [-0.1, -0.05) is 31.2 Å². The first kappa shape index (κ1) is 25.5. The summed E-state index contributed by atoms with van der Waals surface area (Å²) in [5.41, 5.74) is 2.01. The summed E-state index contributed by atoms with van der Waals surface area (Å²) in [6.45, 7) is 7.39. The zero-order valence-electron chi connectivity index (χ0n) is 20.0. The van der Waals surface area contributed by atoms with Gasteiger partial charge in [-0.15, -0.1) is 24.2 Å². The van der Waals surface area contributed by atoms with Crippen molar-refractivity contribution in [1.29, 1.82) is 0 Å². The minimum Gasteiger partial charge on any atom is -0.508 e. The second-order valence-electron chi connectivity index (χ2n) is 9.26. The van der Waals surface area contributed by atoms with Crippen LogP contribution in [-0.2, 0) is 0 Å². The number of nitrogens with zero attached hydrogens (tertiary/aromatic N) is 1. The van der Waals surface area contributed by atoms with Gasteiger partial charge in [0.05, 0.1) is 10.1 Å². The quantitative estimate of drug-likeness (QED) is 0.387. The predicted octanol–water partition coefficient (Wildman–Crippen LogP) is 6.60. The van der Waals surface area contributed by atoms with E-state index in [-0.39, 0.29) is 35.3 Å². The molecule has 0 spiro atoms. The van der Waals surface area contributed by atoms with Gasteiger partial charge in [0.25, 0.3) is 0 Å². The Balaban J connectivity index is 0.00000289. The highest BCUT2D eigenvalue weighted by Gasteiger charge is 2.34. The molecule has 35 heavy (non-hydrogen) atoms. The summed E-state index contributed by atoms with van der Waals surface area (Å²) >= 11 is 1.64. The van der Waals surface area contributed by atoms with E-state index < -0.39 is 0 Å². The molecule has 0 saturated carbocycles. The average molecular weight is 514 g/mol. The Morgan fingerprint density at radius 3 is 2.46 bits per heavy atom. The van der Waals surface area contributed by atoms with Gasteiger partial charge in [0.2, 0.25) is 0 Å². The Bertz CT molecular complexity index is 1140. The van der Waals surface area contributed by atoms with Crippen LogP contribution in [0.5, 0.6) is 23.0 Å². The molecule has 3 aromatic carbocycles. The summed E-state index contributed by atoms with van der Waals surface area (Å²) in [6, 6.07) is 21.2. The van der Waals surface area contributed by atoms with Crippen LogP contribution >= 0.6 is 24.2 Å². The fourth-order valence-electron chi connectivity index (χ4n) is 4.79. The molecule has 2 aliphatic rings. The molecule has 5 rings (SSSR count). The third kappa shape index (κ3) is 5.66. The van der Waals surface area contributed by atoms with E-state index in [1.165, 1.54) is 6.42 Å². The smallest absolute Gasteiger partial charge is 0.140 e. The van der Waals surface area contributed by atoms with Crippen LogP contribution in [0.15, 0.2) is 71.6 Å². The van der Waals surface area contributed by atoms with Crippen molar-refractivity contribution in [2.75, 3.05) is 19.7 Å². The van der Waals surface area contributed by atoms with Crippen molar-refractivity contribution in [3.05, 3.63) is 77.9 Å². The summed E-state index contributed by atoms with van der Waals surface area (Å²) in [4.78, 5) is 3.39. The summed E-state index contributed by atoms with van der Waals surface area (Å²) < 4.78 is 12.5. The molecule has 2 aliphatic heterocycles. The number of phenolic OH excluding ortho intramolecular Hbond substituents is 2. The van der Waals surface area contributed by atoms with Crippen molar-refractivity contribution < 1.29 is 19.7 Å². The monoisotopic (exact) mass is 513 g/mol. The third-order valence-electron chi connectivity index (χ3n) is 7.04. The fraction of sp³-hybridized carbons (Fsp3) is 0.357. The summed E-state index contributed by atoms with van der Waals surface area (Å²) in [5, 5.41) is 19.9. The van der Waals surface area contributed by atoms with E-state index >= 15 is 0 Å².